The quantitative estimate of drug-likeness (QED) is 0.651. The lowest BCUT2D eigenvalue weighted by Crippen LogP contribution is -2.42. The fraction of sp³-hybridized carbons (Fsp3) is 0.0588. The largest absolute Gasteiger partial charge is 0.434 e. The monoisotopic (exact) mass is 409 g/mol. The van der Waals surface area contributed by atoms with Crippen LogP contribution in [0.4, 0.5) is 13.2 Å². The molecule has 3 aromatic rings. The number of hydrazine groups is 1. The molecule has 2 N–H and O–H groups in total. The molecule has 2 aromatic heterocycles. The number of carbonyl (C=O) groups is 2. The number of benzene rings is 1. The minimum absolute atomic E-state index is 0.0262. The van der Waals surface area contributed by atoms with Crippen molar-refractivity contribution in [3.05, 3.63) is 76.8 Å². The molecule has 0 spiro atoms. The van der Waals surface area contributed by atoms with Gasteiger partial charge in [-0.1, -0.05) is 17.7 Å². The molecule has 3 rings (SSSR count). The van der Waals surface area contributed by atoms with E-state index in [4.69, 9.17) is 11.6 Å². The van der Waals surface area contributed by atoms with E-state index in [1.165, 1.54) is 48.8 Å². The number of hydrogen-bond donors (Lipinski definition) is 2. The third kappa shape index (κ3) is 4.12. The Bertz CT molecular complexity index is 1020. The smallest absolute Gasteiger partial charge is 0.267 e. The molecule has 0 saturated heterocycles. The number of alkyl halides is 3. The third-order valence-corrected chi connectivity index (χ3v) is 3.78. The first-order chi connectivity index (χ1) is 13.3. The van der Waals surface area contributed by atoms with Crippen LogP contribution in [0.3, 0.4) is 0 Å². The highest BCUT2D eigenvalue weighted by Crippen LogP contribution is 2.34. The summed E-state index contributed by atoms with van der Waals surface area (Å²) in [5.74, 6) is -1.92. The summed E-state index contributed by atoms with van der Waals surface area (Å²) in [5.41, 5.74) is 2.05. The van der Waals surface area contributed by atoms with Crippen LogP contribution in [0.2, 0.25) is 5.02 Å². The fourth-order valence-electron chi connectivity index (χ4n) is 2.34. The van der Waals surface area contributed by atoms with Crippen LogP contribution in [0, 0.1) is 0 Å². The number of nitrogens with zero attached hydrogens (tertiary/aromatic N) is 3. The molecule has 0 aliphatic rings. The first kappa shape index (κ1) is 19.4. The molecule has 1 aromatic carbocycles. The van der Waals surface area contributed by atoms with Crippen molar-refractivity contribution >= 4 is 23.4 Å². The third-order valence-electron chi connectivity index (χ3n) is 3.55. The van der Waals surface area contributed by atoms with E-state index >= 15 is 0 Å². The van der Waals surface area contributed by atoms with E-state index in [1.807, 2.05) is 10.9 Å². The van der Waals surface area contributed by atoms with Crippen molar-refractivity contribution in [3.63, 3.8) is 0 Å². The molecule has 144 valence electrons. The van der Waals surface area contributed by atoms with Gasteiger partial charge in [0.25, 0.3) is 11.8 Å². The van der Waals surface area contributed by atoms with Gasteiger partial charge in [0.05, 0.1) is 23.0 Å². The first-order valence-corrected chi connectivity index (χ1v) is 8.07. The zero-order chi connectivity index (χ0) is 20.3. The normalized spacial score (nSPS) is 11.1. The molecule has 0 saturated carbocycles. The lowest BCUT2D eigenvalue weighted by Gasteiger charge is -2.13. The molecule has 2 heterocycles. The summed E-state index contributed by atoms with van der Waals surface area (Å²) >= 11 is 5.82. The van der Waals surface area contributed by atoms with Crippen LogP contribution in [0.5, 0.6) is 0 Å². The predicted molar refractivity (Wildman–Crippen MR) is 92.7 cm³/mol. The zero-order valence-electron chi connectivity index (χ0n) is 13.9. The second-order valence-corrected chi connectivity index (χ2v) is 5.88. The van der Waals surface area contributed by atoms with E-state index in [0.29, 0.717) is 4.68 Å². The van der Waals surface area contributed by atoms with Crippen molar-refractivity contribution in [2.75, 3.05) is 0 Å². The van der Waals surface area contributed by atoms with Gasteiger partial charge in [0, 0.05) is 17.4 Å². The Morgan fingerprint density at radius 3 is 2.43 bits per heavy atom. The molecule has 0 aliphatic heterocycles. The van der Waals surface area contributed by atoms with Crippen LogP contribution in [-0.2, 0) is 6.18 Å². The van der Waals surface area contributed by atoms with Crippen LogP contribution in [0.1, 0.15) is 26.4 Å². The predicted octanol–water partition coefficient (Wildman–Crippen LogP) is 3.01. The van der Waals surface area contributed by atoms with Gasteiger partial charge in [-0.3, -0.25) is 25.4 Å². The van der Waals surface area contributed by atoms with Gasteiger partial charge in [-0.2, -0.15) is 18.3 Å². The number of nitrogens with one attached hydrogen (secondary N) is 2. The van der Waals surface area contributed by atoms with Gasteiger partial charge >= 0.3 is 6.18 Å². The molecule has 2 amide bonds. The highest BCUT2D eigenvalue weighted by molar-refractivity contribution is 6.30. The van der Waals surface area contributed by atoms with Crippen LogP contribution >= 0.6 is 11.6 Å². The summed E-state index contributed by atoms with van der Waals surface area (Å²) in [6.45, 7) is 0. The van der Waals surface area contributed by atoms with Gasteiger partial charge in [0.2, 0.25) is 0 Å². The first-order valence-electron chi connectivity index (χ1n) is 7.69. The average molecular weight is 410 g/mol. The van der Waals surface area contributed by atoms with Gasteiger partial charge in [-0.05, 0) is 30.3 Å². The second-order valence-electron chi connectivity index (χ2n) is 5.45. The molecule has 7 nitrogen and oxygen atoms in total. The number of halogens is 4. The molecule has 28 heavy (non-hydrogen) atoms. The number of hydrogen-bond acceptors (Lipinski definition) is 4. The second kappa shape index (κ2) is 7.69. The van der Waals surface area contributed by atoms with Crippen LogP contribution in [0.25, 0.3) is 5.69 Å². The average Bonchev–Trinajstić information content (AvgIpc) is 3.12. The van der Waals surface area contributed by atoms with Crippen LogP contribution in [0.15, 0.2) is 55.0 Å². The van der Waals surface area contributed by atoms with E-state index in [0.717, 1.165) is 6.20 Å². The Balaban J connectivity index is 1.87. The summed E-state index contributed by atoms with van der Waals surface area (Å²) in [4.78, 5) is 27.9. The van der Waals surface area contributed by atoms with E-state index in [9.17, 15) is 22.8 Å². The summed E-state index contributed by atoms with van der Waals surface area (Å²) < 4.78 is 41.3. The van der Waals surface area contributed by atoms with Gasteiger partial charge in [-0.15, -0.1) is 0 Å². The highest BCUT2D eigenvalue weighted by Gasteiger charge is 2.40. The van der Waals surface area contributed by atoms with Crippen molar-refractivity contribution in [1.29, 1.82) is 0 Å². The lowest BCUT2D eigenvalue weighted by atomic mass is 10.2. The minimum Gasteiger partial charge on any atom is -0.267 e. The number of amides is 2. The molecule has 11 heteroatoms. The zero-order valence-corrected chi connectivity index (χ0v) is 14.6. The van der Waals surface area contributed by atoms with Gasteiger partial charge in [0.1, 0.15) is 0 Å². The molecule has 0 unspecified atom stereocenters. The maximum atomic E-state index is 13.6. The minimum atomic E-state index is -4.89. The molecule has 0 atom stereocenters. The Kier molecular flexibility index (Phi) is 5.32. The molecule has 0 aliphatic carbocycles. The summed E-state index contributed by atoms with van der Waals surface area (Å²) in [5, 5.41) is 3.86. The maximum absolute atomic E-state index is 13.6. The van der Waals surface area contributed by atoms with E-state index in [-0.39, 0.29) is 16.3 Å². The Hall–Kier alpha value is -3.40. The van der Waals surface area contributed by atoms with Crippen LogP contribution < -0.4 is 10.9 Å². The van der Waals surface area contributed by atoms with E-state index in [2.05, 4.69) is 10.1 Å². The number of pyridine rings is 1. The number of carbonyl (C=O) groups excluding carboxylic acids is 2. The Morgan fingerprint density at radius 1 is 1.04 bits per heavy atom. The molecule has 0 radical (unpaired) electrons. The summed E-state index contributed by atoms with van der Waals surface area (Å²) in [6.07, 6.45) is -1.46. The number of aromatic nitrogens is 3. The highest BCUT2D eigenvalue weighted by atomic mass is 35.5. The van der Waals surface area contributed by atoms with Gasteiger partial charge in [0.15, 0.2) is 5.69 Å². The van der Waals surface area contributed by atoms with Crippen molar-refractivity contribution in [3.8, 4) is 5.69 Å². The summed E-state index contributed by atoms with van der Waals surface area (Å²) in [6, 6.07) is 8.49. The van der Waals surface area contributed by atoms with Gasteiger partial charge in [-0.25, -0.2) is 4.68 Å². The van der Waals surface area contributed by atoms with E-state index < -0.39 is 29.2 Å². The van der Waals surface area contributed by atoms with Crippen molar-refractivity contribution < 1.29 is 22.8 Å². The fourth-order valence-corrected chi connectivity index (χ4v) is 2.53. The van der Waals surface area contributed by atoms with Crippen molar-refractivity contribution in [2.24, 2.45) is 0 Å². The summed E-state index contributed by atoms with van der Waals surface area (Å²) in [7, 11) is 0. The van der Waals surface area contributed by atoms with Crippen molar-refractivity contribution in [2.45, 2.75) is 6.18 Å². The maximum Gasteiger partial charge on any atom is 0.434 e. The van der Waals surface area contributed by atoms with E-state index in [1.54, 1.807) is 0 Å². The molecule has 0 fully saturated rings. The Labute approximate surface area is 161 Å². The standard InChI is InChI=1S/C17H11ClF3N5O2/c18-11-4-1-5-12(7-11)26-14(17(19,20)21)13(9-23-26)16(28)25-24-15(27)10-3-2-6-22-8-10/h1-9H,(H,24,27)(H,25,28). The molecular formula is C17H11ClF3N5O2. The van der Waals surface area contributed by atoms with Gasteiger partial charge < -0.3 is 0 Å². The Morgan fingerprint density at radius 2 is 1.79 bits per heavy atom. The SMILES string of the molecule is O=C(NNC(=O)c1cnn(-c2cccc(Cl)c2)c1C(F)(F)F)c1cccnc1. The van der Waals surface area contributed by atoms with Crippen molar-refractivity contribution in [1.82, 2.24) is 25.6 Å². The molecule has 0 bridgehead atoms. The molecular weight excluding hydrogens is 399 g/mol. The topological polar surface area (TPSA) is 88.9 Å². The van der Waals surface area contributed by atoms with Crippen LogP contribution in [-0.4, -0.2) is 26.6 Å². The number of rotatable bonds is 3. The lowest BCUT2D eigenvalue weighted by molar-refractivity contribution is -0.143.